The van der Waals surface area contributed by atoms with E-state index in [4.69, 9.17) is 23.2 Å². The third-order valence-corrected chi connectivity index (χ3v) is 5.22. The molecule has 0 fully saturated rings. The molecule has 28 heavy (non-hydrogen) atoms. The van der Waals surface area contributed by atoms with E-state index in [1.807, 2.05) is 18.2 Å². The summed E-state index contributed by atoms with van der Waals surface area (Å²) in [6, 6.07) is 19.2. The maximum Gasteiger partial charge on any atom is 0.272 e. The Labute approximate surface area is 172 Å². The number of nitrogens with zero attached hydrogens (tertiary/aromatic N) is 2. The van der Waals surface area contributed by atoms with Gasteiger partial charge in [0.2, 0.25) is 0 Å². The molecule has 140 valence electrons. The lowest BCUT2D eigenvalue weighted by Gasteiger charge is -2.03. The second-order valence-electron chi connectivity index (χ2n) is 6.36. The Kier molecular flexibility index (Phi) is 5.07. The molecule has 0 unspecified atom stereocenters. The molecule has 4 nitrogen and oxygen atoms in total. The normalized spacial score (nSPS) is 11.5. The average molecular weight is 410 g/mol. The lowest BCUT2D eigenvalue weighted by atomic mass is 10.1. The molecular weight excluding hydrogens is 393 g/mol. The van der Waals surface area contributed by atoms with Crippen LogP contribution in [0.4, 0.5) is 0 Å². The van der Waals surface area contributed by atoms with E-state index in [2.05, 4.69) is 46.3 Å². The predicted octanol–water partition coefficient (Wildman–Crippen LogP) is 5.89. The molecule has 0 aliphatic heterocycles. The maximum absolute atomic E-state index is 12.2. The highest BCUT2D eigenvalue weighted by molar-refractivity contribution is 6.36. The van der Waals surface area contributed by atoms with Gasteiger partial charge in [-0.3, -0.25) is 4.79 Å². The Hall–Kier alpha value is -2.82. The molecule has 0 aliphatic rings. The number of halogens is 2. The molecule has 0 saturated carbocycles. The Morgan fingerprint density at radius 1 is 1.04 bits per heavy atom. The van der Waals surface area contributed by atoms with Gasteiger partial charge in [0.05, 0.1) is 16.8 Å². The number of hydrogen-bond acceptors (Lipinski definition) is 2. The summed E-state index contributed by atoms with van der Waals surface area (Å²) in [5.41, 5.74) is 6.11. The van der Waals surface area contributed by atoms with Crippen LogP contribution < -0.4 is 5.43 Å². The fraction of sp³-hybridized carbons (Fsp3) is 0.0909. The topological polar surface area (TPSA) is 46.4 Å². The molecule has 0 bridgehead atoms. The molecule has 0 saturated heterocycles. The van der Waals surface area contributed by atoms with Crippen molar-refractivity contribution in [1.82, 2.24) is 9.99 Å². The van der Waals surface area contributed by atoms with Crippen molar-refractivity contribution >= 4 is 57.1 Å². The van der Waals surface area contributed by atoms with E-state index in [9.17, 15) is 4.79 Å². The molecule has 6 heteroatoms. The first-order chi connectivity index (χ1) is 13.6. The standard InChI is InChI=1S/C22H17Cl2N3O/c1-2-27-20-6-4-3-5-16(20)18-11-14(7-10-21(18)27)13-25-26-22(28)17-9-8-15(23)12-19(17)24/h3-13H,2H2,1H3,(H,26,28)/b25-13-. The lowest BCUT2D eigenvalue weighted by Crippen LogP contribution is -2.18. The van der Waals surface area contributed by atoms with Gasteiger partial charge >= 0.3 is 0 Å². The second kappa shape index (κ2) is 7.66. The van der Waals surface area contributed by atoms with Crippen molar-refractivity contribution in [2.75, 3.05) is 0 Å². The number of aromatic nitrogens is 1. The molecule has 1 heterocycles. The number of aryl methyl sites for hydroxylation is 1. The van der Waals surface area contributed by atoms with Gasteiger partial charge in [0.25, 0.3) is 5.91 Å². The highest BCUT2D eigenvalue weighted by Gasteiger charge is 2.11. The first-order valence-electron chi connectivity index (χ1n) is 8.88. The first kappa shape index (κ1) is 18.5. The summed E-state index contributed by atoms with van der Waals surface area (Å²) in [7, 11) is 0. The van der Waals surface area contributed by atoms with Crippen LogP contribution in [0.15, 0.2) is 65.8 Å². The molecule has 4 aromatic rings. The highest BCUT2D eigenvalue weighted by Crippen LogP contribution is 2.29. The van der Waals surface area contributed by atoms with Gasteiger partial charge in [-0.1, -0.05) is 47.5 Å². The van der Waals surface area contributed by atoms with Crippen molar-refractivity contribution in [2.45, 2.75) is 13.5 Å². The summed E-state index contributed by atoms with van der Waals surface area (Å²) in [6.45, 7) is 3.04. The number of hydrogen-bond donors (Lipinski definition) is 1. The van der Waals surface area contributed by atoms with Crippen LogP contribution in [0.2, 0.25) is 10.0 Å². The van der Waals surface area contributed by atoms with Crippen LogP contribution in [0.3, 0.4) is 0 Å². The summed E-state index contributed by atoms with van der Waals surface area (Å²) < 4.78 is 2.29. The van der Waals surface area contributed by atoms with E-state index in [0.717, 1.165) is 17.5 Å². The summed E-state index contributed by atoms with van der Waals surface area (Å²) in [5.74, 6) is -0.387. The average Bonchev–Trinajstić information content (AvgIpc) is 3.01. The Morgan fingerprint density at radius 2 is 1.82 bits per heavy atom. The number of nitrogens with one attached hydrogen (secondary N) is 1. The molecule has 0 atom stereocenters. The number of carbonyl (C=O) groups excluding carboxylic acids is 1. The molecular formula is C22H17Cl2N3O. The largest absolute Gasteiger partial charge is 0.341 e. The fourth-order valence-corrected chi connectivity index (χ4v) is 3.89. The molecule has 4 rings (SSSR count). The van der Waals surface area contributed by atoms with Crippen molar-refractivity contribution < 1.29 is 4.79 Å². The molecule has 1 aromatic heterocycles. The highest BCUT2D eigenvalue weighted by atomic mass is 35.5. The SMILES string of the molecule is CCn1c2ccccc2c2cc(/C=N\NC(=O)c3ccc(Cl)cc3Cl)ccc21. The van der Waals surface area contributed by atoms with Crippen LogP contribution >= 0.6 is 23.2 Å². The third kappa shape index (κ3) is 3.37. The van der Waals surface area contributed by atoms with Crippen LogP contribution in [0, 0.1) is 0 Å². The van der Waals surface area contributed by atoms with E-state index in [1.54, 1.807) is 18.3 Å². The van der Waals surface area contributed by atoms with Gasteiger partial charge in [-0.05, 0) is 48.9 Å². The van der Waals surface area contributed by atoms with E-state index in [-0.39, 0.29) is 10.9 Å². The smallest absolute Gasteiger partial charge is 0.272 e. The molecule has 0 spiro atoms. The van der Waals surface area contributed by atoms with Crippen molar-refractivity contribution in [3.63, 3.8) is 0 Å². The Bertz CT molecular complexity index is 1230. The number of hydrazone groups is 1. The van der Waals surface area contributed by atoms with Gasteiger partial charge < -0.3 is 4.57 Å². The van der Waals surface area contributed by atoms with Crippen molar-refractivity contribution in [1.29, 1.82) is 0 Å². The van der Waals surface area contributed by atoms with Crippen LogP contribution in [-0.4, -0.2) is 16.7 Å². The van der Waals surface area contributed by atoms with Crippen LogP contribution in [0.5, 0.6) is 0 Å². The van der Waals surface area contributed by atoms with E-state index in [1.165, 1.54) is 22.5 Å². The minimum Gasteiger partial charge on any atom is -0.341 e. The van der Waals surface area contributed by atoms with Gasteiger partial charge in [-0.25, -0.2) is 5.43 Å². The van der Waals surface area contributed by atoms with Crippen LogP contribution in [0.1, 0.15) is 22.8 Å². The van der Waals surface area contributed by atoms with Gasteiger partial charge in [0.15, 0.2) is 0 Å². The first-order valence-corrected chi connectivity index (χ1v) is 9.63. The van der Waals surface area contributed by atoms with Gasteiger partial charge in [0, 0.05) is 33.4 Å². The minimum atomic E-state index is -0.387. The third-order valence-electron chi connectivity index (χ3n) is 4.67. The van der Waals surface area contributed by atoms with Crippen molar-refractivity contribution in [3.8, 4) is 0 Å². The zero-order chi connectivity index (χ0) is 19.7. The quantitative estimate of drug-likeness (QED) is 0.331. The molecule has 0 aliphatic carbocycles. The minimum absolute atomic E-state index is 0.286. The van der Waals surface area contributed by atoms with Gasteiger partial charge in [-0.2, -0.15) is 5.10 Å². The zero-order valence-electron chi connectivity index (χ0n) is 15.1. The zero-order valence-corrected chi connectivity index (χ0v) is 16.6. The number of para-hydroxylation sites is 1. The molecule has 1 N–H and O–H groups in total. The van der Waals surface area contributed by atoms with Gasteiger partial charge in [0.1, 0.15) is 0 Å². The summed E-state index contributed by atoms with van der Waals surface area (Å²) in [6.07, 6.45) is 1.62. The number of amides is 1. The summed E-state index contributed by atoms with van der Waals surface area (Å²) >= 11 is 11.9. The Balaban J connectivity index is 1.61. The lowest BCUT2D eigenvalue weighted by molar-refractivity contribution is 0.0955. The molecule has 0 radical (unpaired) electrons. The maximum atomic E-state index is 12.2. The number of carbonyl (C=O) groups is 1. The predicted molar refractivity (Wildman–Crippen MR) is 117 cm³/mol. The van der Waals surface area contributed by atoms with E-state index in [0.29, 0.717) is 10.6 Å². The van der Waals surface area contributed by atoms with Crippen molar-refractivity contribution in [2.24, 2.45) is 5.10 Å². The van der Waals surface area contributed by atoms with E-state index < -0.39 is 0 Å². The van der Waals surface area contributed by atoms with E-state index >= 15 is 0 Å². The van der Waals surface area contributed by atoms with Crippen LogP contribution in [-0.2, 0) is 6.54 Å². The number of benzene rings is 3. The monoisotopic (exact) mass is 409 g/mol. The summed E-state index contributed by atoms with van der Waals surface area (Å²) in [4.78, 5) is 12.2. The van der Waals surface area contributed by atoms with Gasteiger partial charge in [-0.15, -0.1) is 0 Å². The fourth-order valence-electron chi connectivity index (χ4n) is 3.39. The molecule has 3 aromatic carbocycles. The number of rotatable bonds is 4. The summed E-state index contributed by atoms with van der Waals surface area (Å²) in [5, 5.41) is 7.20. The van der Waals surface area contributed by atoms with Crippen LogP contribution in [0.25, 0.3) is 21.8 Å². The number of fused-ring (bicyclic) bond motifs is 3. The Morgan fingerprint density at radius 3 is 2.61 bits per heavy atom. The second-order valence-corrected chi connectivity index (χ2v) is 7.20. The molecule has 1 amide bonds. The van der Waals surface area contributed by atoms with Crippen molar-refractivity contribution in [3.05, 3.63) is 81.8 Å².